The van der Waals surface area contributed by atoms with E-state index >= 15 is 0 Å². The largest absolute Gasteiger partial charge is 0.385 e. The van der Waals surface area contributed by atoms with Gasteiger partial charge in [0, 0.05) is 30.4 Å². The fourth-order valence-electron chi connectivity index (χ4n) is 3.01. The fraction of sp³-hybridized carbons (Fsp3) is 0.579. The molecular formula is C19H29N3O2. The van der Waals surface area contributed by atoms with Crippen molar-refractivity contribution in [3.63, 3.8) is 0 Å². The molecular weight excluding hydrogens is 302 g/mol. The van der Waals surface area contributed by atoms with Crippen LogP contribution in [-0.2, 0) is 0 Å². The van der Waals surface area contributed by atoms with E-state index in [1.165, 1.54) is 0 Å². The van der Waals surface area contributed by atoms with E-state index in [-0.39, 0.29) is 5.91 Å². The first-order valence-corrected chi connectivity index (χ1v) is 8.86. The monoisotopic (exact) mass is 331 g/mol. The van der Waals surface area contributed by atoms with Gasteiger partial charge in [0.1, 0.15) is 0 Å². The molecule has 5 nitrogen and oxygen atoms in total. The first kappa shape index (κ1) is 18.5. The van der Waals surface area contributed by atoms with E-state index in [1.54, 1.807) is 12.1 Å². The van der Waals surface area contributed by atoms with Gasteiger partial charge in [0.05, 0.1) is 5.56 Å². The van der Waals surface area contributed by atoms with Crippen molar-refractivity contribution in [2.45, 2.75) is 45.6 Å². The van der Waals surface area contributed by atoms with Gasteiger partial charge in [-0.25, -0.2) is 0 Å². The molecule has 1 aromatic rings. The van der Waals surface area contributed by atoms with E-state index in [2.05, 4.69) is 10.6 Å². The summed E-state index contributed by atoms with van der Waals surface area (Å²) in [6.45, 7) is 5.54. The van der Waals surface area contributed by atoms with Crippen molar-refractivity contribution in [3.8, 4) is 0 Å². The molecule has 0 aliphatic heterocycles. The Morgan fingerprint density at radius 1 is 1.29 bits per heavy atom. The van der Waals surface area contributed by atoms with Gasteiger partial charge < -0.3 is 16.4 Å². The van der Waals surface area contributed by atoms with Crippen LogP contribution in [-0.4, -0.2) is 31.3 Å². The summed E-state index contributed by atoms with van der Waals surface area (Å²) < 4.78 is 0. The number of amides is 1. The molecule has 0 unspecified atom stereocenters. The van der Waals surface area contributed by atoms with Gasteiger partial charge in [-0.1, -0.05) is 13.8 Å². The Kier molecular flexibility index (Phi) is 6.79. The number of anilines is 1. The second-order valence-electron chi connectivity index (χ2n) is 7.19. The van der Waals surface area contributed by atoms with Gasteiger partial charge in [-0.15, -0.1) is 0 Å². The summed E-state index contributed by atoms with van der Waals surface area (Å²) >= 11 is 0. The topological polar surface area (TPSA) is 84.2 Å². The molecule has 24 heavy (non-hydrogen) atoms. The van der Waals surface area contributed by atoms with Crippen molar-refractivity contribution in [3.05, 3.63) is 29.3 Å². The zero-order valence-corrected chi connectivity index (χ0v) is 14.7. The highest BCUT2D eigenvalue weighted by atomic mass is 16.1. The van der Waals surface area contributed by atoms with Crippen LogP contribution in [0.25, 0.3) is 0 Å². The summed E-state index contributed by atoms with van der Waals surface area (Å²) in [4.78, 5) is 23.5. The van der Waals surface area contributed by atoms with E-state index < -0.39 is 0 Å². The lowest BCUT2D eigenvalue weighted by atomic mass is 9.86. The van der Waals surface area contributed by atoms with Crippen LogP contribution in [0.2, 0.25) is 0 Å². The maximum Gasteiger partial charge on any atom is 0.252 e. The summed E-state index contributed by atoms with van der Waals surface area (Å²) in [5.74, 6) is 0.791. The average molecular weight is 331 g/mol. The highest BCUT2D eigenvalue weighted by molar-refractivity contribution is 6.02. The summed E-state index contributed by atoms with van der Waals surface area (Å²) in [5, 5.41) is 6.28. The summed E-state index contributed by atoms with van der Waals surface area (Å²) in [6, 6.07) is 5.69. The molecule has 1 aromatic carbocycles. The number of hydrogen-bond acceptors (Lipinski definition) is 4. The molecule has 0 spiro atoms. The third-order valence-corrected chi connectivity index (χ3v) is 4.58. The summed E-state index contributed by atoms with van der Waals surface area (Å²) in [7, 11) is 0. The van der Waals surface area contributed by atoms with E-state index in [0.29, 0.717) is 35.5 Å². The third-order valence-electron chi connectivity index (χ3n) is 4.58. The Morgan fingerprint density at radius 3 is 2.62 bits per heavy atom. The molecule has 1 aliphatic carbocycles. The smallest absolute Gasteiger partial charge is 0.252 e. The van der Waals surface area contributed by atoms with E-state index in [0.717, 1.165) is 44.2 Å². The van der Waals surface area contributed by atoms with E-state index in [4.69, 9.17) is 5.73 Å². The van der Waals surface area contributed by atoms with Crippen LogP contribution < -0.4 is 16.4 Å². The van der Waals surface area contributed by atoms with Crippen LogP contribution in [0.5, 0.6) is 0 Å². The van der Waals surface area contributed by atoms with Crippen molar-refractivity contribution < 1.29 is 9.59 Å². The Hall–Kier alpha value is -1.88. The van der Waals surface area contributed by atoms with E-state index in [9.17, 15) is 9.59 Å². The second kappa shape index (κ2) is 8.83. The minimum atomic E-state index is -0.196. The molecule has 0 radical (unpaired) electrons. The molecule has 0 aromatic heterocycles. The van der Waals surface area contributed by atoms with Crippen molar-refractivity contribution in [2.75, 3.05) is 18.4 Å². The minimum absolute atomic E-state index is 0.196. The molecule has 0 atom stereocenters. The van der Waals surface area contributed by atoms with Crippen LogP contribution in [0, 0.1) is 11.8 Å². The molecule has 132 valence electrons. The number of rotatable bonds is 7. The third kappa shape index (κ3) is 5.34. The maximum atomic E-state index is 12.3. The van der Waals surface area contributed by atoms with Crippen molar-refractivity contribution in [1.82, 2.24) is 5.32 Å². The average Bonchev–Trinajstić information content (AvgIpc) is 2.59. The Bertz CT molecular complexity index is 564. The zero-order valence-electron chi connectivity index (χ0n) is 14.7. The zero-order chi connectivity index (χ0) is 17.5. The predicted molar refractivity (Wildman–Crippen MR) is 97.4 cm³/mol. The molecule has 1 aliphatic rings. The predicted octanol–water partition coefficient (Wildman–Crippen LogP) is 2.81. The molecule has 1 fully saturated rings. The fourth-order valence-corrected chi connectivity index (χ4v) is 3.01. The Balaban J connectivity index is 1.99. The Morgan fingerprint density at radius 2 is 2.00 bits per heavy atom. The van der Waals surface area contributed by atoms with Crippen LogP contribution in [0.4, 0.5) is 5.69 Å². The number of carbonyl (C=O) groups excluding carboxylic acids is 2. The lowest BCUT2D eigenvalue weighted by Gasteiger charge is -2.26. The van der Waals surface area contributed by atoms with Gasteiger partial charge in [-0.2, -0.15) is 0 Å². The minimum Gasteiger partial charge on any atom is -0.385 e. The standard InChI is InChI=1S/C19H29N3O2/c1-13(2)10-22-19(24)18-9-17(8-5-15(18)12-23)21-11-14-3-6-16(20)7-4-14/h5,8-9,12-14,16,21H,3-4,6-7,10-11,20H2,1-2H3,(H,22,24). The molecule has 1 saturated carbocycles. The maximum absolute atomic E-state index is 12.3. The number of carbonyl (C=O) groups is 2. The molecule has 5 heteroatoms. The highest BCUT2D eigenvalue weighted by Crippen LogP contribution is 2.24. The SMILES string of the molecule is CC(C)CNC(=O)c1cc(NCC2CCC(N)CC2)ccc1C=O. The molecule has 0 saturated heterocycles. The van der Waals surface area contributed by atoms with E-state index in [1.807, 2.05) is 19.9 Å². The van der Waals surface area contributed by atoms with Crippen LogP contribution in [0.15, 0.2) is 18.2 Å². The normalized spacial score (nSPS) is 20.7. The second-order valence-corrected chi connectivity index (χ2v) is 7.19. The van der Waals surface area contributed by atoms with Gasteiger partial charge in [-0.3, -0.25) is 9.59 Å². The highest BCUT2D eigenvalue weighted by Gasteiger charge is 2.18. The summed E-state index contributed by atoms with van der Waals surface area (Å²) in [6.07, 6.45) is 5.18. The molecule has 0 bridgehead atoms. The number of nitrogens with one attached hydrogen (secondary N) is 2. The van der Waals surface area contributed by atoms with Crippen LogP contribution in [0.1, 0.15) is 60.2 Å². The molecule has 2 rings (SSSR count). The molecule has 4 N–H and O–H groups in total. The van der Waals surface area contributed by atoms with Crippen molar-refractivity contribution >= 4 is 17.9 Å². The van der Waals surface area contributed by atoms with Gasteiger partial charge in [0.15, 0.2) is 6.29 Å². The van der Waals surface area contributed by atoms with Crippen molar-refractivity contribution in [2.24, 2.45) is 17.6 Å². The molecule has 0 heterocycles. The number of hydrogen-bond donors (Lipinski definition) is 3. The first-order valence-electron chi connectivity index (χ1n) is 8.86. The van der Waals surface area contributed by atoms with Gasteiger partial charge in [0.25, 0.3) is 5.91 Å². The first-order chi connectivity index (χ1) is 11.5. The van der Waals surface area contributed by atoms with Crippen LogP contribution >= 0.6 is 0 Å². The number of benzene rings is 1. The number of aldehydes is 1. The van der Waals surface area contributed by atoms with Crippen LogP contribution in [0.3, 0.4) is 0 Å². The lowest BCUT2D eigenvalue weighted by molar-refractivity contribution is 0.0943. The van der Waals surface area contributed by atoms with Gasteiger partial charge in [0.2, 0.25) is 0 Å². The summed E-state index contributed by atoms with van der Waals surface area (Å²) in [5.41, 5.74) is 7.67. The quantitative estimate of drug-likeness (QED) is 0.671. The Labute approximate surface area is 144 Å². The number of nitrogens with two attached hydrogens (primary N) is 1. The van der Waals surface area contributed by atoms with Gasteiger partial charge >= 0.3 is 0 Å². The lowest BCUT2D eigenvalue weighted by Crippen LogP contribution is -2.29. The van der Waals surface area contributed by atoms with Crippen molar-refractivity contribution in [1.29, 1.82) is 0 Å². The van der Waals surface area contributed by atoms with Gasteiger partial charge in [-0.05, 0) is 55.7 Å². The molecule has 1 amide bonds.